The van der Waals surface area contributed by atoms with Gasteiger partial charge in [0.2, 0.25) is 0 Å². The van der Waals surface area contributed by atoms with Gasteiger partial charge in [0.1, 0.15) is 6.07 Å². The fraction of sp³-hybridized carbons (Fsp3) is 0.500. The van der Waals surface area contributed by atoms with Gasteiger partial charge in [-0.05, 0) is 18.1 Å². The third-order valence-electron chi connectivity index (χ3n) is 2.18. The van der Waals surface area contributed by atoms with Crippen molar-refractivity contribution >= 4 is 0 Å². The maximum atomic E-state index is 9.01. The molecule has 0 aromatic carbocycles. The molecular weight excluding hydrogens is 172 g/mol. The molecule has 0 saturated carbocycles. The molecule has 0 fully saturated rings. The Labute approximate surface area is 85.6 Å². The van der Waals surface area contributed by atoms with Gasteiger partial charge in [-0.2, -0.15) is 5.26 Å². The molecular formula is C12H16N2. The highest BCUT2D eigenvalue weighted by atomic mass is 14.7. The first-order valence-electron chi connectivity index (χ1n) is 4.88. The summed E-state index contributed by atoms with van der Waals surface area (Å²) in [5, 5.41) is 9.01. The van der Waals surface area contributed by atoms with Crippen LogP contribution in [0.3, 0.4) is 0 Å². The fourth-order valence-corrected chi connectivity index (χ4v) is 1.38. The molecule has 2 heteroatoms. The highest BCUT2D eigenvalue weighted by Gasteiger charge is 2.19. The predicted molar refractivity (Wildman–Crippen MR) is 57.0 cm³/mol. The van der Waals surface area contributed by atoms with E-state index in [1.54, 1.807) is 0 Å². The summed E-state index contributed by atoms with van der Waals surface area (Å²) in [6.45, 7) is 8.28. The molecule has 0 N–H and O–H groups in total. The van der Waals surface area contributed by atoms with Crippen molar-refractivity contribution in [1.82, 2.24) is 4.98 Å². The van der Waals surface area contributed by atoms with Crippen molar-refractivity contribution in [2.24, 2.45) is 0 Å². The predicted octanol–water partition coefficient (Wildman–Crippen LogP) is 2.81. The first-order valence-corrected chi connectivity index (χ1v) is 4.88. The molecule has 1 aromatic heterocycles. The van der Waals surface area contributed by atoms with Gasteiger partial charge in [-0.15, -0.1) is 0 Å². The zero-order chi connectivity index (χ0) is 10.8. The zero-order valence-electron chi connectivity index (χ0n) is 9.26. The average Bonchev–Trinajstić information content (AvgIpc) is 2.15. The summed E-state index contributed by atoms with van der Waals surface area (Å²) in [5.74, 6) is 0. The zero-order valence-corrected chi connectivity index (χ0v) is 9.26. The Morgan fingerprint density at radius 1 is 1.43 bits per heavy atom. The summed E-state index contributed by atoms with van der Waals surface area (Å²) in [5.41, 5.74) is 2.65. The van der Waals surface area contributed by atoms with E-state index in [4.69, 9.17) is 5.26 Å². The van der Waals surface area contributed by atoms with E-state index in [9.17, 15) is 0 Å². The quantitative estimate of drug-likeness (QED) is 0.679. The largest absolute Gasteiger partial charge is 0.259 e. The van der Waals surface area contributed by atoms with Gasteiger partial charge >= 0.3 is 0 Å². The molecule has 0 unspecified atom stereocenters. The molecule has 0 aliphatic rings. The number of aromatic nitrogens is 1. The van der Waals surface area contributed by atoms with Crippen LogP contribution in [-0.2, 0) is 11.8 Å². The molecule has 0 saturated heterocycles. The lowest BCUT2D eigenvalue weighted by atomic mass is 9.88. The van der Waals surface area contributed by atoms with Gasteiger partial charge in [0, 0.05) is 11.6 Å². The first-order chi connectivity index (χ1) is 6.49. The maximum absolute atomic E-state index is 9.01. The van der Waals surface area contributed by atoms with Crippen molar-refractivity contribution in [2.45, 2.75) is 39.5 Å². The third-order valence-corrected chi connectivity index (χ3v) is 2.18. The van der Waals surface area contributed by atoms with E-state index in [1.807, 2.05) is 12.3 Å². The number of aryl methyl sites for hydroxylation is 1. The molecule has 0 spiro atoms. The van der Waals surface area contributed by atoms with Crippen LogP contribution in [0.25, 0.3) is 0 Å². The lowest BCUT2D eigenvalue weighted by Crippen LogP contribution is -2.15. The standard InChI is InChI=1S/C12H16N2/c1-5-9-6-10(7-13)11(14-8-9)12(2,3)4/h6,8H,5H2,1-4H3. The SMILES string of the molecule is CCc1cnc(C(C)(C)C)c(C#N)c1. The number of hydrogen-bond donors (Lipinski definition) is 0. The maximum Gasteiger partial charge on any atom is 0.101 e. The van der Waals surface area contributed by atoms with E-state index in [1.165, 1.54) is 0 Å². The minimum absolute atomic E-state index is 0.0582. The molecule has 74 valence electrons. The van der Waals surface area contributed by atoms with Crippen LogP contribution in [0.5, 0.6) is 0 Å². The second-order valence-corrected chi connectivity index (χ2v) is 4.46. The topological polar surface area (TPSA) is 36.7 Å². The fourth-order valence-electron chi connectivity index (χ4n) is 1.38. The number of nitrogens with zero attached hydrogens (tertiary/aromatic N) is 2. The van der Waals surface area contributed by atoms with Crippen LogP contribution >= 0.6 is 0 Å². The van der Waals surface area contributed by atoms with E-state index in [0.29, 0.717) is 5.56 Å². The van der Waals surface area contributed by atoms with Crippen molar-refractivity contribution < 1.29 is 0 Å². The molecule has 0 aliphatic heterocycles. The second kappa shape index (κ2) is 3.79. The smallest absolute Gasteiger partial charge is 0.101 e. The Hall–Kier alpha value is -1.36. The molecule has 1 rings (SSSR count). The van der Waals surface area contributed by atoms with Crippen LogP contribution in [0.15, 0.2) is 12.3 Å². The van der Waals surface area contributed by atoms with Gasteiger partial charge in [-0.1, -0.05) is 27.7 Å². The summed E-state index contributed by atoms with van der Waals surface area (Å²) in [7, 11) is 0. The van der Waals surface area contributed by atoms with Crippen molar-refractivity contribution in [2.75, 3.05) is 0 Å². The molecule has 0 atom stereocenters. The Morgan fingerprint density at radius 2 is 2.07 bits per heavy atom. The highest BCUT2D eigenvalue weighted by molar-refractivity contribution is 5.39. The molecule has 1 heterocycles. The lowest BCUT2D eigenvalue weighted by Gasteiger charge is -2.19. The molecule has 1 aromatic rings. The molecule has 0 aliphatic carbocycles. The van der Waals surface area contributed by atoms with Crippen LogP contribution in [0, 0.1) is 11.3 Å². The minimum atomic E-state index is -0.0582. The van der Waals surface area contributed by atoms with Crippen molar-refractivity contribution in [3.63, 3.8) is 0 Å². The normalized spacial score (nSPS) is 11.1. The lowest BCUT2D eigenvalue weighted by molar-refractivity contribution is 0.566. The molecule has 0 amide bonds. The van der Waals surface area contributed by atoms with Crippen molar-refractivity contribution in [1.29, 1.82) is 5.26 Å². The molecule has 0 radical (unpaired) electrons. The van der Waals surface area contributed by atoms with Crippen LogP contribution in [0.4, 0.5) is 0 Å². The van der Waals surface area contributed by atoms with Crippen molar-refractivity contribution in [3.8, 4) is 6.07 Å². The van der Waals surface area contributed by atoms with E-state index in [0.717, 1.165) is 17.7 Å². The Balaban J connectivity index is 3.28. The van der Waals surface area contributed by atoms with E-state index < -0.39 is 0 Å². The van der Waals surface area contributed by atoms with Crippen LogP contribution in [0.1, 0.15) is 44.5 Å². The summed E-state index contributed by atoms with van der Waals surface area (Å²) in [6, 6.07) is 4.15. The van der Waals surface area contributed by atoms with E-state index in [-0.39, 0.29) is 5.41 Å². The summed E-state index contributed by atoms with van der Waals surface area (Å²) in [6.07, 6.45) is 2.79. The second-order valence-electron chi connectivity index (χ2n) is 4.46. The molecule has 2 nitrogen and oxygen atoms in total. The van der Waals surface area contributed by atoms with Gasteiger partial charge in [0.05, 0.1) is 11.3 Å². The molecule has 0 bridgehead atoms. The van der Waals surface area contributed by atoms with E-state index in [2.05, 4.69) is 38.7 Å². The Kier molecular flexibility index (Phi) is 2.90. The Bertz CT molecular complexity index is 367. The Morgan fingerprint density at radius 3 is 2.50 bits per heavy atom. The first kappa shape index (κ1) is 10.7. The van der Waals surface area contributed by atoms with Gasteiger partial charge in [-0.3, -0.25) is 4.98 Å². The van der Waals surface area contributed by atoms with Gasteiger partial charge in [0.15, 0.2) is 0 Å². The molecule has 14 heavy (non-hydrogen) atoms. The number of pyridine rings is 1. The van der Waals surface area contributed by atoms with Crippen molar-refractivity contribution in [3.05, 3.63) is 29.1 Å². The third kappa shape index (κ3) is 2.11. The van der Waals surface area contributed by atoms with Gasteiger partial charge in [0.25, 0.3) is 0 Å². The van der Waals surface area contributed by atoms with Crippen LogP contribution in [0.2, 0.25) is 0 Å². The highest BCUT2D eigenvalue weighted by Crippen LogP contribution is 2.23. The van der Waals surface area contributed by atoms with Gasteiger partial charge < -0.3 is 0 Å². The summed E-state index contributed by atoms with van der Waals surface area (Å²) in [4.78, 5) is 4.37. The van der Waals surface area contributed by atoms with Gasteiger partial charge in [-0.25, -0.2) is 0 Å². The summed E-state index contributed by atoms with van der Waals surface area (Å²) < 4.78 is 0. The van der Waals surface area contributed by atoms with E-state index >= 15 is 0 Å². The number of rotatable bonds is 1. The summed E-state index contributed by atoms with van der Waals surface area (Å²) >= 11 is 0. The minimum Gasteiger partial charge on any atom is -0.259 e. The number of nitriles is 1. The average molecular weight is 188 g/mol. The van der Waals surface area contributed by atoms with Crippen LogP contribution in [-0.4, -0.2) is 4.98 Å². The monoisotopic (exact) mass is 188 g/mol. The number of hydrogen-bond acceptors (Lipinski definition) is 2. The van der Waals surface area contributed by atoms with Crippen LogP contribution < -0.4 is 0 Å².